The Labute approximate surface area is 91.6 Å². The first-order chi connectivity index (χ1) is 7.66. The van der Waals surface area contributed by atoms with E-state index in [4.69, 9.17) is 5.73 Å². The van der Waals surface area contributed by atoms with Crippen LogP contribution in [0.15, 0.2) is 34.5 Å². The Morgan fingerprint density at radius 2 is 2.12 bits per heavy atom. The van der Waals surface area contributed by atoms with Crippen LogP contribution >= 0.6 is 0 Å². The molecule has 0 bridgehead atoms. The fraction of sp³-hybridized carbons (Fsp3) is 0.200. The van der Waals surface area contributed by atoms with Crippen LogP contribution < -0.4 is 5.73 Å². The van der Waals surface area contributed by atoms with Crippen molar-refractivity contribution >= 4 is 17.2 Å². The molecule has 2 rings (SSSR count). The Balaban J connectivity index is 2.34. The summed E-state index contributed by atoms with van der Waals surface area (Å²) >= 11 is 0. The first-order valence-corrected chi connectivity index (χ1v) is 4.80. The molecule has 0 atom stereocenters. The minimum absolute atomic E-state index is 0.0581. The summed E-state index contributed by atoms with van der Waals surface area (Å²) in [6.07, 6.45) is 1.30. The van der Waals surface area contributed by atoms with Gasteiger partial charge < -0.3 is 5.73 Å². The van der Waals surface area contributed by atoms with Gasteiger partial charge in [0, 0.05) is 24.1 Å². The molecule has 0 aliphatic carbocycles. The summed E-state index contributed by atoms with van der Waals surface area (Å²) in [6, 6.07) is 6.36. The second-order valence-corrected chi connectivity index (χ2v) is 3.45. The summed E-state index contributed by atoms with van der Waals surface area (Å²) in [5.74, 6) is 0.495. The zero-order valence-electron chi connectivity index (χ0n) is 8.46. The van der Waals surface area contributed by atoms with E-state index in [1.54, 1.807) is 12.1 Å². The van der Waals surface area contributed by atoms with Crippen molar-refractivity contribution in [2.24, 2.45) is 15.9 Å². The molecule has 0 saturated carbocycles. The van der Waals surface area contributed by atoms with E-state index >= 15 is 0 Å². The van der Waals surface area contributed by atoms with E-state index in [1.165, 1.54) is 12.1 Å². The lowest BCUT2D eigenvalue weighted by atomic mass is 10.0. The molecule has 0 amide bonds. The zero-order valence-corrected chi connectivity index (χ0v) is 8.46. The molecule has 1 aromatic rings. The van der Waals surface area contributed by atoms with Crippen molar-refractivity contribution in [1.82, 2.24) is 0 Å². The molecule has 0 fully saturated rings. The average molecular weight is 218 g/mol. The van der Waals surface area contributed by atoms with Gasteiger partial charge in [-0.3, -0.25) is 10.1 Å². The topological polar surface area (TPSA) is 93.9 Å². The minimum Gasteiger partial charge on any atom is -0.386 e. The van der Waals surface area contributed by atoms with Crippen LogP contribution in [-0.4, -0.2) is 16.5 Å². The van der Waals surface area contributed by atoms with Gasteiger partial charge in [0.05, 0.1) is 10.6 Å². The van der Waals surface area contributed by atoms with E-state index in [-0.39, 0.29) is 5.69 Å². The van der Waals surface area contributed by atoms with Gasteiger partial charge in [-0.1, -0.05) is 12.1 Å². The molecule has 0 unspecified atom stereocenters. The standard InChI is InChI=1S/C10H10N4O2/c11-10-5-4-9(12-13-10)7-2-1-3-8(6-7)14(15)16/h1-3,6H,4-5H2,(H2,11,13). The first-order valence-electron chi connectivity index (χ1n) is 4.80. The number of hydrogen-bond donors (Lipinski definition) is 1. The maximum atomic E-state index is 10.6. The molecule has 16 heavy (non-hydrogen) atoms. The summed E-state index contributed by atoms with van der Waals surface area (Å²) in [4.78, 5) is 10.2. The van der Waals surface area contributed by atoms with Crippen LogP contribution in [0.2, 0.25) is 0 Å². The quantitative estimate of drug-likeness (QED) is 0.601. The van der Waals surface area contributed by atoms with Crippen molar-refractivity contribution < 1.29 is 4.92 Å². The van der Waals surface area contributed by atoms with E-state index < -0.39 is 4.92 Å². The zero-order chi connectivity index (χ0) is 11.5. The monoisotopic (exact) mass is 218 g/mol. The van der Waals surface area contributed by atoms with Crippen LogP contribution in [0.25, 0.3) is 0 Å². The average Bonchev–Trinajstić information content (AvgIpc) is 2.30. The number of amidine groups is 1. The maximum absolute atomic E-state index is 10.6. The second kappa shape index (κ2) is 4.09. The smallest absolute Gasteiger partial charge is 0.270 e. The molecular formula is C10H10N4O2. The Morgan fingerprint density at radius 1 is 1.31 bits per heavy atom. The van der Waals surface area contributed by atoms with Gasteiger partial charge in [0.15, 0.2) is 0 Å². The molecule has 0 radical (unpaired) electrons. The number of nitrogens with two attached hydrogens (primary N) is 1. The molecule has 0 saturated heterocycles. The molecule has 1 heterocycles. The van der Waals surface area contributed by atoms with Gasteiger partial charge in [0.25, 0.3) is 5.69 Å². The maximum Gasteiger partial charge on any atom is 0.270 e. The number of rotatable bonds is 2. The third-order valence-corrected chi connectivity index (χ3v) is 2.31. The van der Waals surface area contributed by atoms with Gasteiger partial charge in [-0.2, -0.15) is 5.10 Å². The highest BCUT2D eigenvalue weighted by Crippen LogP contribution is 2.17. The molecule has 82 valence electrons. The van der Waals surface area contributed by atoms with Gasteiger partial charge in [-0.25, -0.2) is 0 Å². The molecule has 0 spiro atoms. The van der Waals surface area contributed by atoms with Gasteiger partial charge in [-0.15, -0.1) is 5.10 Å². The predicted molar refractivity (Wildman–Crippen MR) is 60.5 cm³/mol. The number of non-ortho nitro benzene ring substituents is 1. The van der Waals surface area contributed by atoms with Gasteiger partial charge in [0.1, 0.15) is 5.84 Å². The van der Waals surface area contributed by atoms with Crippen LogP contribution in [0.1, 0.15) is 18.4 Å². The van der Waals surface area contributed by atoms with Crippen molar-refractivity contribution in [2.75, 3.05) is 0 Å². The molecule has 1 aliphatic heterocycles. The molecular weight excluding hydrogens is 208 g/mol. The third-order valence-electron chi connectivity index (χ3n) is 2.31. The Morgan fingerprint density at radius 3 is 2.75 bits per heavy atom. The molecule has 1 aliphatic rings. The normalized spacial score (nSPS) is 15.2. The van der Waals surface area contributed by atoms with Crippen molar-refractivity contribution in [1.29, 1.82) is 0 Å². The molecule has 6 nitrogen and oxygen atoms in total. The van der Waals surface area contributed by atoms with Gasteiger partial charge >= 0.3 is 0 Å². The van der Waals surface area contributed by atoms with E-state index in [9.17, 15) is 10.1 Å². The summed E-state index contributed by atoms with van der Waals surface area (Å²) in [7, 11) is 0. The van der Waals surface area contributed by atoms with Crippen LogP contribution in [0.3, 0.4) is 0 Å². The third kappa shape index (κ3) is 2.05. The van der Waals surface area contributed by atoms with E-state index in [0.717, 1.165) is 11.3 Å². The Hall–Kier alpha value is -2.24. The Kier molecular flexibility index (Phi) is 2.63. The van der Waals surface area contributed by atoms with Crippen molar-refractivity contribution in [3.05, 3.63) is 39.9 Å². The second-order valence-electron chi connectivity index (χ2n) is 3.45. The molecule has 2 N–H and O–H groups in total. The fourth-order valence-corrected chi connectivity index (χ4v) is 1.47. The minimum atomic E-state index is -0.426. The lowest BCUT2D eigenvalue weighted by Gasteiger charge is -2.08. The van der Waals surface area contributed by atoms with Crippen LogP contribution in [0.4, 0.5) is 5.69 Å². The van der Waals surface area contributed by atoms with Crippen molar-refractivity contribution in [2.45, 2.75) is 12.8 Å². The van der Waals surface area contributed by atoms with E-state index in [0.29, 0.717) is 18.7 Å². The largest absolute Gasteiger partial charge is 0.386 e. The van der Waals surface area contributed by atoms with E-state index in [1.807, 2.05) is 0 Å². The number of nitro benzene ring substituents is 1. The van der Waals surface area contributed by atoms with Crippen LogP contribution in [0.5, 0.6) is 0 Å². The van der Waals surface area contributed by atoms with Crippen molar-refractivity contribution in [3.8, 4) is 0 Å². The van der Waals surface area contributed by atoms with Gasteiger partial charge in [0.2, 0.25) is 0 Å². The number of benzene rings is 1. The molecule has 6 heteroatoms. The summed E-state index contributed by atoms with van der Waals surface area (Å²) in [5.41, 5.74) is 7.01. The highest BCUT2D eigenvalue weighted by atomic mass is 16.6. The first kappa shape index (κ1) is 10.3. The number of hydrogen-bond acceptors (Lipinski definition) is 5. The SMILES string of the molecule is NC1=NN=C(c2cccc([N+](=O)[O-])c2)CC1. The Bertz CT molecular complexity index is 493. The van der Waals surface area contributed by atoms with E-state index in [2.05, 4.69) is 10.2 Å². The predicted octanol–water partition coefficient (Wildman–Crippen LogP) is 1.45. The lowest BCUT2D eigenvalue weighted by molar-refractivity contribution is -0.384. The number of nitrogens with zero attached hydrogens (tertiary/aromatic N) is 3. The molecule has 0 aromatic heterocycles. The van der Waals surface area contributed by atoms with Gasteiger partial charge in [-0.05, 0) is 6.42 Å². The fourth-order valence-electron chi connectivity index (χ4n) is 1.47. The summed E-state index contributed by atoms with van der Waals surface area (Å²) in [6.45, 7) is 0. The molecule has 1 aromatic carbocycles. The van der Waals surface area contributed by atoms with Crippen LogP contribution in [0, 0.1) is 10.1 Å². The summed E-state index contributed by atoms with van der Waals surface area (Å²) in [5, 5.41) is 18.3. The highest BCUT2D eigenvalue weighted by molar-refractivity contribution is 6.04. The lowest BCUT2D eigenvalue weighted by Crippen LogP contribution is -2.17. The number of nitro groups is 1. The van der Waals surface area contributed by atoms with Crippen LogP contribution in [-0.2, 0) is 0 Å². The van der Waals surface area contributed by atoms with Crippen molar-refractivity contribution in [3.63, 3.8) is 0 Å². The highest BCUT2D eigenvalue weighted by Gasteiger charge is 2.12. The summed E-state index contributed by atoms with van der Waals surface area (Å²) < 4.78 is 0.